The quantitative estimate of drug-likeness (QED) is 0.878. The molecule has 1 fully saturated rings. The van der Waals surface area contributed by atoms with Crippen molar-refractivity contribution in [3.05, 3.63) is 47.8 Å². The number of urea groups is 1. The Hall–Kier alpha value is -2.83. The Balaban J connectivity index is 1.44. The third-order valence-electron chi connectivity index (χ3n) is 4.53. The Morgan fingerprint density at radius 3 is 3.17 bits per heavy atom. The number of esters is 1. The summed E-state index contributed by atoms with van der Waals surface area (Å²) in [6, 6.07) is 7.15. The summed E-state index contributed by atoms with van der Waals surface area (Å²) in [5.41, 5.74) is 2.07. The Bertz CT molecular complexity index is 772. The molecule has 7 heteroatoms. The SMILES string of the molecule is O=C1OCc2cc(NC(=O)N3CCCC3Cn3cccn3)ccc21. The van der Waals surface area contributed by atoms with E-state index in [-0.39, 0.29) is 24.6 Å². The average Bonchev–Trinajstić information content (AvgIpc) is 3.30. The third kappa shape index (κ3) is 2.73. The lowest BCUT2D eigenvalue weighted by atomic mass is 10.1. The minimum absolute atomic E-state index is 0.116. The topological polar surface area (TPSA) is 76.5 Å². The van der Waals surface area contributed by atoms with Gasteiger partial charge in [0.1, 0.15) is 6.61 Å². The summed E-state index contributed by atoms with van der Waals surface area (Å²) in [6.07, 6.45) is 5.62. The molecular formula is C17H18N4O3. The van der Waals surface area contributed by atoms with Crippen LogP contribution in [0.1, 0.15) is 28.8 Å². The van der Waals surface area contributed by atoms with Gasteiger partial charge in [-0.2, -0.15) is 5.10 Å². The molecule has 7 nitrogen and oxygen atoms in total. The van der Waals surface area contributed by atoms with Gasteiger partial charge in [0.2, 0.25) is 0 Å². The number of anilines is 1. The molecule has 24 heavy (non-hydrogen) atoms. The molecule has 0 radical (unpaired) electrons. The minimum Gasteiger partial charge on any atom is -0.457 e. The molecule has 1 aromatic carbocycles. The molecule has 2 aliphatic rings. The van der Waals surface area contributed by atoms with E-state index in [1.54, 1.807) is 24.4 Å². The minimum atomic E-state index is -0.304. The van der Waals surface area contributed by atoms with Crippen LogP contribution in [0.5, 0.6) is 0 Å². The van der Waals surface area contributed by atoms with Gasteiger partial charge in [0.25, 0.3) is 0 Å². The number of ether oxygens (including phenoxy) is 1. The fourth-order valence-corrected chi connectivity index (χ4v) is 3.32. The number of hydrogen-bond acceptors (Lipinski definition) is 4. The highest BCUT2D eigenvalue weighted by molar-refractivity contribution is 5.95. The zero-order valence-electron chi connectivity index (χ0n) is 13.1. The predicted octanol–water partition coefficient (Wildman–Crippen LogP) is 2.25. The molecule has 1 aromatic heterocycles. The van der Waals surface area contributed by atoms with Crippen molar-refractivity contribution in [3.63, 3.8) is 0 Å². The summed E-state index contributed by atoms with van der Waals surface area (Å²) in [5, 5.41) is 7.14. The molecule has 3 heterocycles. The van der Waals surface area contributed by atoms with Gasteiger partial charge in [-0.1, -0.05) is 0 Å². The molecule has 0 bridgehead atoms. The zero-order chi connectivity index (χ0) is 16.5. The van der Waals surface area contributed by atoms with Crippen LogP contribution in [0.3, 0.4) is 0 Å². The van der Waals surface area contributed by atoms with Gasteiger partial charge in [-0.25, -0.2) is 9.59 Å². The van der Waals surface area contributed by atoms with Gasteiger partial charge in [-0.05, 0) is 37.1 Å². The van der Waals surface area contributed by atoms with E-state index in [0.717, 1.165) is 24.9 Å². The van der Waals surface area contributed by atoms with E-state index in [0.29, 0.717) is 17.8 Å². The highest BCUT2D eigenvalue weighted by atomic mass is 16.5. The van der Waals surface area contributed by atoms with Crippen LogP contribution < -0.4 is 5.32 Å². The van der Waals surface area contributed by atoms with Crippen LogP contribution >= 0.6 is 0 Å². The van der Waals surface area contributed by atoms with E-state index >= 15 is 0 Å². The molecule has 2 amide bonds. The zero-order valence-corrected chi connectivity index (χ0v) is 13.1. The second-order valence-electron chi connectivity index (χ2n) is 6.10. The number of carbonyl (C=O) groups excluding carboxylic acids is 2. The lowest BCUT2D eigenvalue weighted by Gasteiger charge is -2.25. The number of cyclic esters (lactones) is 1. The normalized spacial score (nSPS) is 19.2. The lowest BCUT2D eigenvalue weighted by molar-refractivity contribution is 0.0535. The molecule has 2 aliphatic heterocycles. The molecule has 1 atom stereocenters. The monoisotopic (exact) mass is 326 g/mol. The Morgan fingerprint density at radius 1 is 1.42 bits per heavy atom. The number of nitrogens with zero attached hydrogens (tertiary/aromatic N) is 3. The first-order valence-corrected chi connectivity index (χ1v) is 8.06. The largest absolute Gasteiger partial charge is 0.457 e. The Morgan fingerprint density at radius 2 is 2.33 bits per heavy atom. The van der Waals surface area contributed by atoms with Crippen molar-refractivity contribution in [3.8, 4) is 0 Å². The summed E-state index contributed by atoms with van der Waals surface area (Å²) >= 11 is 0. The van der Waals surface area contributed by atoms with E-state index in [4.69, 9.17) is 4.74 Å². The van der Waals surface area contributed by atoms with Crippen LogP contribution in [0.2, 0.25) is 0 Å². The number of hydrogen-bond donors (Lipinski definition) is 1. The fraction of sp³-hybridized carbons (Fsp3) is 0.353. The van der Waals surface area contributed by atoms with Crippen LogP contribution in [-0.2, 0) is 17.9 Å². The molecule has 1 unspecified atom stereocenters. The molecule has 2 aromatic rings. The fourth-order valence-electron chi connectivity index (χ4n) is 3.32. The molecule has 0 aliphatic carbocycles. The van der Waals surface area contributed by atoms with Crippen molar-refractivity contribution in [1.82, 2.24) is 14.7 Å². The molecule has 1 saturated heterocycles. The first-order chi connectivity index (χ1) is 11.7. The van der Waals surface area contributed by atoms with Gasteiger partial charge in [0.15, 0.2) is 0 Å². The van der Waals surface area contributed by atoms with Crippen LogP contribution in [0.15, 0.2) is 36.7 Å². The molecular weight excluding hydrogens is 308 g/mol. The van der Waals surface area contributed by atoms with Gasteiger partial charge >= 0.3 is 12.0 Å². The highest BCUT2D eigenvalue weighted by Gasteiger charge is 2.29. The maximum absolute atomic E-state index is 12.6. The van der Waals surface area contributed by atoms with E-state index in [1.165, 1.54) is 0 Å². The summed E-state index contributed by atoms with van der Waals surface area (Å²) < 4.78 is 6.84. The third-order valence-corrected chi connectivity index (χ3v) is 4.53. The number of rotatable bonds is 3. The van der Waals surface area contributed by atoms with E-state index in [1.807, 2.05) is 21.8 Å². The first kappa shape index (κ1) is 14.7. The van der Waals surface area contributed by atoms with Crippen LogP contribution in [0.4, 0.5) is 10.5 Å². The molecule has 0 saturated carbocycles. The molecule has 4 rings (SSSR count). The van der Waals surface area contributed by atoms with Gasteiger partial charge in [0, 0.05) is 30.2 Å². The van der Waals surface area contributed by atoms with Crippen molar-refractivity contribution in [1.29, 1.82) is 0 Å². The summed E-state index contributed by atoms with van der Waals surface area (Å²) in [4.78, 5) is 25.9. The van der Waals surface area contributed by atoms with E-state index < -0.39 is 0 Å². The second kappa shape index (κ2) is 5.99. The maximum Gasteiger partial charge on any atom is 0.338 e. The number of carbonyl (C=O) groups is 2. The summed E-state index contributed by atoms with van der Waals surface area (Å²) in [5.74, 6) is -0.304. The summed E-state index contributed by atoms with van der Waals surface area (Å²) in [7, 11) is 0. The number of fused-ring (bicyclic) bond motifs is 1. The van der Waals surface area contributed by atoms with Crippen molar-refractivity contribution in [2.45, 2.75) is 32.0 Å². The van der Waals surface area contributed by atoms with Gasteiger partial charge in [-0.3, -0.25) is 4.68 Å². The van der Waals surface area contributed by atoms with Crippen molar-refractivity contribution in [2.75, 3.05) is 11.9 Å². The summed E-state index contributed by atoms with van der Waals surface area (Å²) in [6.45, 7) is 1.71. The van der Waals surface area contributed by atoms with E-state index in [2.05, 4.69) is 10.4 Å². The lowest BCUT2D eigenvalue weighted by Crippen LogP contribution is -2.40. The van der Waals surface area contributed by atoms with Crippen molar-refractivity contribution < 1.29 is 14.3 Å². The highest BCUT2D eigenvalue weighted by Crippen LogP contribution is 2.25. The molecule has 0 spiro atoms. The van der Waals surface area contributed by atoms with Crippen LogP contribution in [-0.4, -0.2) is 39.3 Å². The number of benzene rings is 1. The number of amides is 2. The number of nitrogens with one attached hydrogen (secondary N) is 1. The van der Waals surface area contributed by atoms with Crippen LogP contribution in [0.25, 0.3) is 0 Å². The maximum atomic E-state index is 12.6. The van der Waals surface area contributed by atoms with Gasteiger partial charge in [-0.15, -0.1) is 0 Å². The second-order valence-corrected chi connectivity index (χ2v) is 6.10. The van der Waals surface area contributed by atoms with Gasteiger partial charge in [0.05, 0.1) is 18.2 Å². The van der Waals surface area contributed by atoms with E-state index in [9.17, 15) is 9.59 Å². The molecule has 1 N–H and O–H groups in total. The number of likely N-dealkylation sites (tertiary alicyclic amines) is 1. The Kier molecular flexibility index (Phi) is 3.68. The van der Waals surface area contributed by atoms with Gasteiger partial charge < -0.3 is 15.0 Å². The van der Waals surface area contributed by atoms with Crippen LogP contribution in [0, 0.1) is 0 Å². The molecule has 124 valence electrons. The first-order valence-electron chi connectivity index (χ1n) is 8.06. The standard InChI is InChI=1S/C17H18N4O3/c22-16-15-5-4-13(9-12(15)11-24-16)19-17(23)21-8-1-3-14(21)10-20-7-2-6-18-20/h2,4-7,9,14H,1,3,8,10-11H2,(H,19,23). The Labute approximate surface area is 139 Å². The van der Waals surface area contributed by atoms with Crippen molar-refractivity contribution in [2.24, 2.45) is 0 Å². The number of aromatic nitrogens is 2. The predicted molar refractivity (Wildman–Crippen MR) is 86.5 cm³/mol. The van der Waals surface area contributed by atoms with Crippen molar-refractivity contribution >= 4 is 17.7 Å². The average molecular weight is 326 g/mol. The smallest absolute Gasteiger partial charge is 0.338 e.